The van der Waals surface area contributed by atoms with E-state index in [2.05, 4.69) is 0 Å². The number of hydrogen-bond donors (Lipinski definition) is 5. The molecule has 2 unspecified atom stereocenters. The molecule has 0 saturated carbocycles. The molecule has 0 amide bonds. The number of rotatable bonds is 2. The molecule has 0 radical (unpaired) electrons. The van der Waals surface area contributed by atoms with Gasteiger partial charge in [0.05, 0.1) is 25.3 Å². The van der Waals surface area contributed by atoms with Gasteiger partial charge < -0.3 is 20.7 Å². The van der Waals surface area contributed by atoms with Crippen molar-refractivity contribution in [3.8, 4) is 0 Å². The van der Waals surface area contributed by atoms with E-state index in [0.29, 0.717) is 0 Å². The molecule has 4 atom stereocenters. The third-order valence-corrected chi connectivity index (χ3v) is 2.06. The number of nitrogens with two attached hydrogens (primary N) is 3. The predicted octanol–water partition coefficient (Wildman–Crippen LogP) is -3.52. The summed E-state index contributed by atoms with van der Waals surface area (Å²) in [6, 6.07) is -0.560. The first-order valence-electron chi connectivity index (χ1n) is 4.02. The van der Waals surface area contributed by atoms with E-state index >= 15 is 0 Å². The van der Waals surface area contributed by atoms with Gasteiger partial charge in [-0.25, -0.2) is 0 Å². The van der Waals surface area contributed by atoms with Crippen molar-refractivity contribution in [1.29, 1.82) is 0 Å². The molecule has 1 aliphatic heterocycles. The molecule has 1 fully saturated rings. The first kappa shape index (κ1) is 10.8. The largest absolute Gasteiger partial charge is 0.389 e. The summed E-state index contributed by atoms with van der Waals surface area (Å²) in [5.41, 5.74) is 5.45. The van der Waals surface area contributed by atoms with Crippen LogP contribution in [0.5, 0.6) is 0 Å². The monoisotopic (exact) mass is 192 g/mol. The van der Waals surface area contributed by atoms with Crippen LogP contribution in [0.4, 0.5) is 0 Å². The standard InChI is InChI=1S/C6H16N4O3/c7-3-2-13-4(1-10(8)9)6(12)5(3)11/h3-6,11-12H,1-2,7-9H2/t3-,4?,5?,6-/m1/s1. The maximum Gasteiger partial charge on any atom is 0.109 e. The minimum Gasteiger partial charge on any atom is -0.389 e. The number of aliphatic hydroxyl groups is 2. The summed E-state index contributed by atoms with van der Waals surface area (Å²) >= 11 is 0. The van der Waals surface area contributed by atoms with Crippen molar-refractivity contribution >= 4 is 0 Å². The number of hydrogen-bond acceptors (Lipinski definition) is 7. The topological polar surface area (TPSA) is 131 Å². The van der Waals surface area contributed by atoms with Crippen molar-refractivity contribution in [3.63, 3.8) is 0 Å². The van der Waals surface area contributed by atoms with Gasteiger partial charge in [-0.2, -0.15) is 5.12 Å². The predicted molar refractivity (Wildman–Crippen MR) is 44.8 cm³/mol. The molecule has 0 spiro atoms. The summed E-state index contributed by atoms with van der Waals surface area (Å²) in [6.45, 7) is 0.335. The van der Waals surface area contributed by atoms with E-state index < -0.39 is 24.4 Å². The van der Waals surface area contributed by atoms with Crippen LogP contribution in [0.2, 0.25) is 0 Å². The summed E-state index contributed by atoms with van der Waals surface area (Å²) in [6.07, 6.45) is -2.62. The fraction of sp³-hybridized carbons (Fsp3) is 1.00. The zero-order chi connectivity index (χ0) is 10.0. The van der Waals surface area contributed by atoms with Gasteiger partial charge in [-0.1, -0.05) is 0 Å². The van der Waals surface area contributed by atoms with E-state index in [1.165, 1.54) is 0 Å². The van der Waals surface area contributed by atoms with Crippen molar-refractivity contribution in [2.24, 2.45) is 17.4 Å². The van der Waals surface area contributed by atoms with Gasteiger partial charge in [-0.05, 0) is 0 Å². The van der Waals surface area contributed by atoms with E-state index in [4.69, 9.17) is 22.2 Å². The fourth-order valence-corrected chi connectivity index (χ4v) is 1.27. The Morgan fingerprint density at radius 1 is 1.31 bits per heavy atom. The van der Waals surface area contributed by atoms with E-state index in [-0.39, 0.29) is 13.2 Å². The fourth-order valence-electron chi connectivity index (χ4n) is 1.27. The molecule has 1 heterocycles. The molecule has 0 aromatic carbocycles. The SMILES string of the molecule is N[C@@H]1COC(CN(N)N)[C@@H](O)C1O. The Kier molecular flexibility index (Phi) is 3.56. The molecule has 0 bridgehead atoms. The average Bonchev–Trinajstić information content (AvgIpc) is 2.06. The van der Waals surface area contributed by atoms with Crippen molar-refractivity contribution < 1.29 is 14.9 Å². The minimum atomic E-state index is -1.04. The number of aliphatic hydroxyl groups excluding tert-OH is 2. The van der Waals surface area contributed by atoms with Gasteiger partial charge >= 0.3 is 0 Å². The molecule has 0 aliphatic carbocycles. The zero-order valence-corrected chi connectivity index (χ0v) is 7.21. The zero-order valence-electron chi connectivity index (χ0n) is 7.21. The van der Waals surface area contributed by atoms with E-state index in [1.54, 1.807) is 0 Å². The molecule has 7 nitrogen and oxygen atoms in total. The third kappa shape index (κ3) is 2.58. The lowest BCUT2D eigenvalue weighted by Crippen LogP contribution is -2.60. The maximum absolute atomic E-state index is 9.46. The van der Waals surface area contributed by atoms with Crippen LogP contribution in [0.1, 0.15) is 0 Å². The Hall–Kier alpha value is -0.280. The van der Waals surface area contributed by atoms with Crippen LogP contribution < -0.4 is 17.4 Å². The first-order valence-corrected chi connectivity index (χ1v) is 4.02. The highest BCUT2D eigenvalue weighted by molar-refractivity contribution is 4.89. The smallest absolute Gasteiger partial charge is 0.109 e. The normalized spacial score (nSPS) is 41.1. The van der Waals surface area contributed by atoms with Crippen molar-refractivity contribution in [1.82, 2.24) is 5.12 Å². The van der Waals surface area contributed by atoms with E-state index in [0.717, 1.165) is 5.12 Å². The average molecular weight is 192 g/mol. The Morgan fingerprint density at radius 3 is 2.46 bits per heavy atom. The van der Waals surface area contributed by atoms with Gasteiger partial charge in [0.1, 0.15) is 12.2 Å². The molecule has 1 rings (SSSR count). The van der Waals surface area contributed by atoms with Crippen LogP contribution in [0.3, 0.4) is 0 Å². The van der Waals surface area contributed by atoms with Gasteiger partial charge in [0, 0.05) is 0 Å². The van der Waals surface area contributed by atoms with Crippen LogP contribution in [0.25, 0.3) is 0 Å². The van der Waals surface area contributed by atoms with Gasteiger partial charge in [0.15, 0.2) is 0 Å². The molecule has 0 aromatic rings. The highest BCUT2D eigenvalue weighted by Crippen LogP contribution is 2.14. The second kappa shape index (κ2) is 4.29. The summed E-state index contributed by atoms with van der Waals surface area (Å²) in [5.74, 6) is 10.3. The second-order valence-corrected chi connectivity index (χ2v) is 3.21. The number of nitrogens with zero attached hydrogens (tertiary/aromatic N) is 1. The van der Waals surface area contributed by atoms with Crippen molar-refractivity contribution in [2.45, 2.75) is 24.4 Å². The lowest BCUT2D eigenvalue weighted by molar-refractivity contribution is -0.150. The Labute approximate surface area is 76.0 Å². The van der Waals surface area contributed by atoms with Crippen LogP contribution in [-0.2, 0) is 4.74 Å². The molecule has 8 N–H and O–H groups in total. The van der Waals surface area contributed by atoms with E-state index in [9.17, 15) is 10.2 Å². The summed E-state index contributed by atoms with van der Waals surface area (Å²) in [4.78, 5) is 0. The lowest BCUT2D eigenvalue weighted by atomic mass is 9.99. The number of hydrazine groups is 2. The second-order valence-electron chi connectivity index (χ2n) is 3.21. The van der Waals surface area contributed by atoms with Gasteiger partial charge in [0.25, 0.3) is 0 Å². The van der Waals surface area contributed by atoms with Crippen molar-refractivity contribution in [3.05, 3.63) is 0 Å². The van der Waals surface area contributed by atoms with Gasteiger partial charge in [-0.15, -0.1) is 0 Å². The molecule has 13 heavy (non-hydrogen) atoms. The van der Waals surface area contributed by atoms with Crippen LogP contribution >= 0.6 is 0 Å². The Bertz CT molecular complexity index is 168. The van der Waals surface area contributed by atoms with Crippen LogP contribution in [0, 0.1) is 0 Å². The lowest BCUT2D eigenvalue weighted by Gasteiger charge is -2.36. The molecule has 7 heteroatoms. The van der Waals surface area contributed by atoms with E-state index in [1.807, 2.05) is 0 Å². The maximum atomic E-state index is 9.46. The molecular weight excluding hydrogens is 176 g/mol. The minimum absolute atomic E-state index is 0.144. The van der Waals surface area contributed by atoms with Crippen molar-refractivity contribution in [2.75, 3.05) is 13.2 Å². The highest BCUT2D eigenvalue weighted by atomic mass is 16.5. The highest BCUT2D eigenvalue weighted by Gasteiger charge is 2.36. The summed E-state index contributed by atoms with van der Waals surface area (Å²) < 4.78 is 5.15. The summed E-state index contributed by atoms with van der Waals surface area (Å²) in [7, 11) is 0. The molecule has 78 valence electrons. The summed E-state index contributed by atoms with van der Waals surface area (Å²) in [5, 5.41) is 19.7. The van der Waals surface area contributed by atoms with Gasteiger partial charge in [0.2, 0.25) is 0 Å². The quantitative estimate of drug-likeness (QED) is 0.226. The number of ether oxygens (including phenoxy) is 1. The molecule has 0 aromatic heterocycles. The molecular formula is C6H16N4O3. The van der Waals surface area contributed by atoms with Gasteiger partial charge in [-0.3, -0.25) is 11.7 Å². The molecule has 1 aliphatic rings. The van der Waals surface area contributed by atoms with Crippen LogP contribution in [-0.4, -0.2) is 52.8 Å². The molecule has 1 saturated heterocycles. The first-order chi connectivity index (χ1) is 6.02. The van der Waals surface area contributed by atoms with Crippen LogP contribution in [0.15, 0.2) is 0 Å². The Balaban J connectivity index is 2.48. The Morgan fingerprint density at radius 2 is 1.92 bits per heavy atom. The third-order valence-electron chi connectivity index (χ3n) is 2.06.